The van der Waals surface area contributed by atoms with Crippen molar-refractivity contribution in [2.75, 3.05) is 10.3 Å². The second-order valence-electron chi connectivity index (χ2n) is 6.25. The molecule has 1 unspecified atom stereocenters. The number of pyridine rings is 2. The molecule has 1 aromatic carbocycles. The van der Waals surface area contributed by atoms with Crippen LogP contribution in [-0.2, 0) is 4.79 Å². The van der Waals surface area contributed by atoms with Crippen molar-refractivity contribution in [2.24, 2.45) is 11.6 Å². The van der Waals surface area contributed by atoms with E-state index in [1.807, 2.05) is 12.1 Å². The van der Waals surface area contributed by atoms with Gasteiger partial charge in [0, 0.05) is 23.7 Å². The highest BCUT2D eigenvalue weighted by Gasteiger charge is 2.21. The molecule has 9 heteroatoms. The Morgan fingerprint density at radius 1 is 1.36 bits per heavy atom. The van der Waals surface area contributed by atoms with E-state index in [0.29, 0.717) is 12.0 Å². The Balaban J connectivity index is 2.02. The maximum absolute atomic E-state index is 14.5. The minimum atomic E-state index is -0.840. The summed E-state index contributed by atoms with van der Waals surface area (Å²) in [5.41, 5.74) is 6.66. The molecule has 3 rings (SSSR count). The number of carbonyl (C=O) groups excluding carboxylic acids is 2. The first-order valence-electron chi connectivity index (χ1n) is 8.50. The monoisotopic (exact) mass is 382 g/mol. The summed E-state index contributed by atoms with van der Waals surface area (Å²) < 4.78 is 14.5. The lowest BCUT2D eigenvalue weighted by atomic mass is 10.1. The fourth-order valence-corrected chi connectivity index (χ4v) is 2.70. The predicted octanol–water partition coefficient (Wildman–Crippen LogP) is 2.27. The van der Waals surface area contributed by atoms with Gasteiger partial charge in [-0.1, -0.05) is 6.07 Å². The summed E-state index contributed by atoms with van der Waals surface area (Å²) in [6.45, 7) is 1.65. The number of halogens is 1. The van der Waals surface area contributed by atoms with Gasteiger partial charge in [0.05, 0.1) is 17.1 Å². The third-order valence-electron chi connectivity index (χ3n) is 4.25. The van der Waals surface area contributed by atoms with Crippen LogP contribution in [0.15, 0.2) is 42.6 Å². The molecular weight excluding hydrogens is 363 g/mol. The quantitative estimate of drug-likeness (QED) is 0.325. The fourth-order valence-electron chi connectivity index (χ4n) is 2.70. The summed E-state index contributed by atoms with van der Waals surface area (Å²) in [7, 11) is 0. The van der Waals surface area contributed by atoms with Crippen LogP contribution in [0.25, 0.3) is 10.9 Å². The minimum Gasteiger partial charge on any atom is -0.365 e. The number of fused-ring (bicyclic) bond motifs is 1. The second-order valence-corrected chi connectivity index (χ2v) is 6.25. The van der Waals surface area contributed by atoms with Crippen LogP contribution >= 0.6 is 0 Å². The third-order valence-corrected chi connectivity index (χ3v) is 4.25. The van der Waals surface area contributed by atoms with Crippen LogP contribution in [0.1, 0.15) is 23.7 Å². The summed E-state index contributed by atoms with van der Waals surface area (Å²) in [5.74, 6) is 4.10. The number of aldehydes is 1. The molecule has 0 bridgehead atoms. The third kappa shape index (κ3) is 3.89. The Kier molecular flexibility index (Phi) is 5.46. The number of hydrazine groups is 1. The van der Waals surface area contributed by atoms with E-state index in [0.717, 1.165) is 22.0 Å². The highest BCUT2D eigenvalue weighted by atomic mass is 19.1. The van der Waals surface area contributed by atoms with Gasteiger partial charge in [-0.2, -0.15) is 0 Å². The highest BCUT2D eigenvalue weighted by molar-refractivity contribution is 5.99. The molecule has 0 fully saturated rings. The van der Waals surface area contributed by atoms with Gasteiger partial charge in [-0.25, -0.2) is 15.2 Å². The molecule has 0 aliphatic rings. The smallest absolute Gasteiger partial charge is 0.252 e. The summed E-state index contributed by atoms with van der Waals surface area (Å²) >= 11 is 0. The largest absolute Gasteiger partial charge is 0.365 e. The Morgan fingerprint density at radius 2 is 2.14 bits per heavy atom. The van der Waals surface area contributed by atoms with E-state index in [4.69, 9.17) is 11.6 Å². The van der Waals surface area contributed by atoms with Gasteiger partial charge in [-0.05, 0) is 37.3 Å². The molecule has 3 aromatic rings. The molecule has 144 valence electrons. The van der Waals surface area contributed by atoms with Crippen LogP contribution in [0.4, 0.5) is 21.7 Å². The number of hydrogen-bond acceptors (Lipinski definition) is 7. The number of nitrogens with zero attached hydrogens (tertiary/aromatic N) is 3. The number of carbonyl (C=O) groups is 2. The van der Waals surface area contributed by atoms with Crippen molar-refractivity contribution < 1.29 is 14.0 Å². The maximum Gasteiger partial charge on any atom is 0.252 e. The van der Waals surface area contributed by atoms with E-state index in [-0.39, 0.29) is 23.6 Å². The molecule has 2 aromatic heterocycles. The summed E-state index contributed by atoms with van der Waals surface area (Å²) in [6.07, 6.45) is 2.46. The topological polar surface area (TPSA) is 127 Å². The zero-order valence-electron chi connectivity index (χ0n) is 15.1. The minimum absolute atomic E-state index is 0.0564. The highest BCUT2D eigenvalue weighted by Crippen LogP contribution is 2.27. The number of hydrogen-bond donors (Lipinski definition) is 3. The van der Waals surface area contributed by atoms with Gasteiger partial charge in [0.2, 0.25) is 0 Å². The lowest BCUT2D eigenvalue weighted by Crippen LogP contribution is -2.41. The summed E-state index contributed by atoms with van der Waals surface area (Å²) in [6, 6.07) is 9.53. The van der Waals surface area contributed by atoms with E-state index in [1.165, 1.54) is 0 Å². The standard InChI is InChI=1S/C19H19FN6O2/c1-11(6-8-27)26(22)19-15(20)10-14(17(21)28)18(25-19)24-13-4-5-16-12(9-13)3-2-7-23-16/h2-5,7-11H,6,22H2,1H3,(H2,21,28)(H,24,25). The number of primary amides is 1. The zero-order valence-corrected chi connectivity index (χ0v) is 15.1. The Morgan fingerprint density at radius 3 is 2.86 bits per heavy atom. The van der Waals surface area contributed by atoms with Crippen molar-refractivity contribution >= 4 is 40.4 Å². The molecule has 0 saturated heterocycles. The summed E-state index contributed by atoms with van der Waals surface area (Å²) in [4.78, 5) is 30.9. The first-order chi connectivity index (χ1) is 13.4. The van der Waals surface area contributed by atoms with Gasteiger partial charge in [0.1, 0.15) is 12.1 Å². The van der Waals surface area contributed by atoms with Crippen molar-refractivity contribution in [3.63, 3.8) is 0 Å². The molecule has 0 aliphatic heterocycles. The molecule has 0 aliphatic carbocycles. The van der Waals surface area contributed by atoms with Crippen molar-refractivity contribution in [2.45, 2.75) is 19.4 Å². The molecule has 28 heavy (non-hydrogen) atoms. The van der Waals surface area contributed by atoms with Crippen LogP contribution in [0.5, 0.6) is 0 Å². The number of amides is 1. The Hall–Kier alpha value is -3.59. The zero-order chi connectivity index (χ0) is 20.3. The maximum atomic E-state index is 14.5. The SMILES string of the molecule is CC(CC=O)N(N)c1nc(Nc2ccc3ncccc3c2)c(C(N)=O)cc1F. The molecule has 0 radical (unpaired) electrons. The van der Waals surface area contributed by atoms with E-state index >= 15 is 0 Å². The number of aromatic nitrogens is 2. The molecule has 5 N–H and O–H groups in total. The lowest BCUT2D eigenvalue weighted by molar-refractivity contribution is -0.108. The van der Waals surface area contributed by atoms with Crippen LogP contribution in [-0.4, -0.2) is 28.2 Å². The molecule has 1 amide bonds. The van der Waals surface area contributed by atoms with Crippen LogP contribution in [0.3, 0.4) is 0 Å². The average Bonchev–Trinajstić information content (AvgIpc) is 2.68. The molecule has 2 heterocycles. The van der Waals surface area contributed by atoms with Crippen LogP contribution in [0, 0.1) is 5.82 Å². The van der Waals surface area contributed by atoms with Crippen molar-refractivity contribution in [3.8, 4) is 0 Å². The average molecular weight is 382 g/mol. The second kappa shape index (κ2) is 7.97. The van der Waals surface area contributed by atoms with Crippen LogP contribution < -0.4 is 21.9 Å². The number of rotatable bonds is 7. The van der Waals surface area contributed by atoms with Gasteiger partial charge in [-0.15, -0.1) is 0 Å². The van der Waals surface area contributed by atoms with Gasteiger partial charge in [0.15, 0.2) is 11.6 Å². The van der Waals surface area contributed by atoms with E-state index in [1.54, 1.807) is 31.3 Å². The van der Waals surface area contributed by atoms with Gasteiger partial charge in [0.25, 0.3) is 5.91 Å². The van der Waals surface area contributed by atoms with Crippen molar-refractivity contribution in [1.29, 1.82) is 0 Å². The first kappa shape index (κ1) is 19.2. The molecule has 0 spiro atoms. The van der Waals surface area contributed by atoms with Crippen molar-refractivity contribution in [1.82, 2.24) is 9.97 Å². The normalized spacial score (nSPS) is 11.8. The van der Waals surface area contributed by atoms with E-state index < -0.39 is 17.8 Å². The van der Waals surface area contributed by atoms with Gasteiger partial charge < -0.3 is 15.8 Å². The van der Waals surface area contributed by atoms with Gasteiger partial charge >= 0.3 is 0 Å². The number of benzene rings is 1. The van der Waals surface area contributed by atoms with Gasteiger partial charge in [-0.3, -0.25) is 14.8 Å². The molecular formula is C19H19FN6O2. The number of nitrogens with one attached hydrogen (secondary N) is 1. The molecule has 1 atom stereocenters. The Bertz CT molecular complexity index is 1040. The lowest BCUT2D eigenvalue weighted by Gasteiger charge is -2.25. The summed E-state index contributed by atoms with van der Waals surface area (Å²) in [5, 5.41) is 4.90. The fraction of sp³-hybridized carbons (Fsp3) is 0.158. The number of anilines is 3. The van der Waals surface area contributed by atoms with Crippen LogP contribution in [0.2, 0.25) is 0 Å². The van der Waals surface area contributed by atoms with E-state index in [2.05, 4.69) is 15.3 Å². The predicted molar refractivity (Wildman–Crippen MR) is 105 cm³/mol. The van der Waals surface area contributed by atoms with Crippen molar-refractivity contribution in [3.05, 3.63) is 54.0 Å². The Labute approximate surface area is 160 Å². The van der Waals surface area contributed by atoms with E-state index in [9.17, 15) is 14.0 Å². The number of nitrogens with two attached hydrogens (primary N) is 2. The molecule has 0 saturated carbocycles. The molecule has 8 nitrogen and oxygen atoms in total. The first-order valence-corrected chi connectivity index (χ1v) is 8.50.